The Morgan fingerprint density at radius 3 is 2.21 bits per heavy atom. The molecule has 0 bridgehead atoms. The normalized spacial score (nSPS) is 10.8. The highest BCUT2D eigenvalue weighted by atomic mass is 32.1. The van der Waals surface area contributed by atoms with Crippen molar-refractivity contribution in [3.8, 4) is 0 Å². The Labute approximate surface area is 90.2 Å². The van der Waals surface area contributed by atoms with Crippen LogP contribution in [0, 0.1) is 0 Å². The average molecular weight is 218 g/mol. The monoisotopic (exact) mass is 218 g/mol. The number of hydrogen-bond acceptors (Lipinski definition) is 3. The summed E-state index contributed by atoms with van der Waals surface area (Å²) in [6.45, 7) is 5.94. The van der Waals surface area contributed by atoms with Gasteiger partial charge in [-0.2, -0.15) is 0 Å². The van der Waals surface area contributed by atoms with Crippen LogP contribution in [0.15, 0.2) is 0 Å². The van der Waals surface area contributed by atoms with Crippen molar-refractivity contribution in [3.05, 3.63) is 0 Å². The second-order valence-corrected chi connectivity index (χ2v) is 3.44. The van der Waals surface area contributed by atoms with E-state index >= 15 is 0 Å². The Kier molecular flexibility index (Phi) is 5.45. The van der Waals surface area contributed by atoms with Gasteiger partial charge in [0.05, 0.1) is 17.1 Å². The van der Waals surface area contributed by atoms with Gasteiger partial charge in [-0.15, -0.1) is 0 Å². The number of carbonyl (C=O) groups excluding carboxylic acids is 1. The van der Waals surface area contributed by atoms with Crippen molar-refractivity contribution in [1.29, 1.82) is 0 Å². The van der Waals surface area contributed by atoms with Crippen LogP contribution in [0.25, 0.3) is 0 Å². The zero-order valence-corrected chi connectivity index (χ0v) is 9.74. The molecule has 82 valence electrons. The van der Waals surface area contributed by atoms with Crippen LogP contribution < -0.4 is 11.1 Å². The fraction of sp³-hybridized carbons (Fsp3) is 0.778. The molecule has 0 aliphatic carbocycles. The molecule has 0 unspecified atom stereocenters. The first-order chi connectivity index (χ1) is 6.52. The van der Waals surface area contributed by atoms with E-state index < -0.39 is 11.6 Å². The predicted molar refractivity (Wildman–Crippen MR) is 60.3 cm³/mol. The molecule has 0 aromatic heterocycles. The lowest BCUT2D eigenvalue weighted by atomic mass is 9.93. The molecule has 0 rings (SSSR count). The molecule has 14 heavy (non-hydrogen) atoms. The Morgan fingerprint density at radius 1 is 1.43 bits per heavy atom. The third-order valence-electron chi connectivity index (χ3n) is 2.30. The van der Waals surface area contributed by atoms with Crippen molar-refractivity contribution in [1.82, 2.24) is 5.32 Å². The van der Waals surface area contributed by atoms with Gasteiger partial charge in [-0.05, 0) is 19.8 Å². The van der Waals surface area contributed by atoms with Gasteiger partial charge in [0.1, 0.15) is 0 Å². The summed E-state index contributed by atoms with van der Waals surface area (Å²) in [4.78, 5) is 11.5. The Bertz CT molecular complexity index is 215. The lowest BCUT2D eigenvalue weighted by Crippen LogP contribution is -2.56. The van der Waals surface area contributed by atoms with Crippen LogP contribution in [0.3, 0.4) is 0 Å². The van der Waals surface area contributed by atoms with Gasteiger partial charge in [0, 0.05) is 0 Å². The van der Waals surface area contributed by atoms with Crippen molar-refractivity contribution in [2.45, 2.75) is 39.2 Å². The molecule has 0 atom stereocenters. The lowest BCUT2D eigenvalue weighted by molar-refractivity contribution is 0.143. The topological polar surface area (TPSA) is 64.3 Å². The van der Waals surface area contributed by atoms with Crippen LogP contribution >= 0.6 is 12.2 Å². The molecule has 0 aliphatic heterocycles. The summed E-state index contributed by atoms with van der Waals surface area (Å²) in [6, 6.07) is 0. The molecule has 0 radical (unpaired) electrons. The van der Waals surface area contributed by atoms with Gasteiger partial charge in [-0.1, -0.05) is 26.1 Å². The van der Waals surface area contributed by atoms with Crippen LogP contribution in [-0.2, 0) is 4.74 Å². The average Bonchev–Trinajstić information content (AvgIpc) is 2.14. The number of carbonyl (C=O) groups is 1. The highest BCUT2D eigenvalue weighted by molar-refractivity contribution is 7.80. The summed E-state index contributed by atoms with van der Waals surface area (Å²) in [5.74, 6) is 0. The van der Waals surface area contributed by atoms with Gasteiger partial charge >= 0.3 is 6.09 Å². The molecular formula is C9H18N2O2S. The Morgan fingerprint density at radius 2 is 1.93 bits per heavy atom. The van der Waals surface area contributed by atoms with Crippen LogP contribution in [0.2, 0.25) is 0 Å². The van der Waals surface area contributed by atoms with Gasteiger partial charge in [0.15, 0.2) is 0 Å². The SMILES string of the molecule is CCOC(=O)NC(CC)(CC)C(N)=S. The first-order valence-electron chi connectivity index (χ1n) is 4.77. The van der Waals surface area contributed by atoms with Crippen LogP contribution in [0.5, 0.6) is 0 Å². The summed E-state index contributed by atoms with van der Waals surface area (Å²) < 4.78 is 4.79. The quantitative estimate of drug-likeness (QED) is 0.688. The number of nitrogens with one attached hydrogen (secondary N) is 1. The molecule has 0 aromatic carbocycles. The molecule has 5 heteroatoms. The van der Waals surface area contributed by atoms with Crippen molar-refractivity contribution in [2.24, 2.45) is 5.73 Å². The highest BCUT2D eigenvalue weighted by Crippen LogP contribution is 2.15. The van der Waals surface area contributed by atoms with Crippen molar-refractivity contribution < 1.29 is 9.53 Å². The van der Waals surface area contributed by atoms with E-state index in [-0.39, 0.29) is 0 Å². The molecule has 0 heterocycles. The number of alkyl carbamates (subject to hydrolysis) is 1. The maximum absolute atomic E-state index is 11.2. The third-order valence-corrected chi connectivity index (χ3v) is 2.69. The minimum Gasteiger partial charge on any atom is -0.450 e. The van der Waals surface area contributed by atoms with Crippen molar-refractivity contribution in [2.75, 3.05) is 6.61 Å². The van der Waals surface area contributed by atoms with Crippen LogP contribution in [0.1, 0.15) is 33.6 Å². The summed E-state index contributed by atoms with van der Waals surface area (Å²) in [7, 11) is 0. The van der Waals surface area contributed by atoms with E-state index in [1.807, 2.05) is 13.8 Å². The van der Waals surface area contributed by atoms with Crippen LogP contribution in [-0.4, -0.2) is 23.2 Å². The minimum absolute atomic E-state index is 0.301. The largest absolute Gasteiger partial charge is 0.450 e. The first kappa shape index (κ1) is 13.2. The maximum Gasteiger partial charge on any atom is 0.407 e. The van der Waals surface area contributed by atoms with Gasteiger partial charge in [-0.3, -0.25) is 0 Å². The molecule has 0 saturated heterocycles. The molecular weight excluding hydrogens is 200 g/mol. The van der Waals surface area contributed by atoms with E-state index in [4.69, 9.17) is 22.7 Å². The molecule has 0 spiro atoms. The summed E-state index contributed by atoms with van der Waals surface area (Å²) in [5.41, 5.74) is 4.99. The number of nitrogens with two attached hydrogens (primary N) is 1. The molecule has 0 fully saturated rings. The van der Waals surface area contributed by atoms with E-state index in [1.54, 1.807) is 6.92 Å². The number of ether oxygens (including phenoxy) is 1. The standard InChI is InChI=1S/C9H18N2O2S/c1-4-9(5-2,7(10)14)11-8(12)13-6-3/h4-6H2,1-3H3,(H2,10,14)(H,11,12). The number of hydrogen-bond donors (Lipinski definition) is 2. The number of thiocarbonyl (C=S) groups is 1. The Hall–Kier alpha value is -0.840. The maximum atomic E-state index is 11.2. The number of rotatable bonds is 5. The summed E-state index contributed by atoms with van der Waals surface area (Å²) in [5, 5.41) is 2.70. The summed E-state index contributed by atoms with van der Waals surface area (Å²) >= 11 is 4.94. The molecule has 1 amide bonds. The predicted octanol–water partition coefficient (Wildman–Crippen LogP) is 1.58. The van der Waals surface area contributed by atoms with E-state index in [1.165, 1.54) is 0 Å². The molecule has 0 aromatic rings. The molecule has 0 aliphatic rings. The third kappa shape index (κ3) is 3.14. The second-order valence-electron chi connectivity index (χ2n) is 3.00. The fourth-order valence-electron chi connectivity index (χ4n) is 1.20. The van der Waals surface area contributed by atoms with E-state index in [9.17, 15) is 4.79 Å². The zero-order chi connectivity index (χ0) is 11.2. The highest BCUT2D eigenvalue weighted by Gasteiger charge is 2.31. The number of amides is 1. The van der Waals surface area contributed by atoms with Crippen molar-refractivity contribution in [3.63, 3.8) is 0 Å². The second kappa shape index (κ2) is 5.80. The van der Waals surface area contributed by atoms with Crippen molar-refractivity contribution >= 4 is 23.3 Å². The molecule has 3 N–H and O–H groups in total. The minimum atomic E-state index is -0.610. The van der Waals surface area contributed by atoms with Gasteiger partial charge in [-0.25, -0.2) is 4.79 Å². The van der Waals surface area contributed by atoms with Gasteiger partial charge in [0.25, 0.3) is 0 Å². The summed E-state index contributed by atoms with van der Waals surface area (Å²) in [6.07, 6.45) is 0.860. The Balaban J connectivity index is 4.51. The van der Waals surface area contributed by atoms with E-state index in [2.05, 4.69) is 5.32 Å². The smallest absolute Gasteiger partial charge is 0.407 e. The fourth-order valence-corrected chi connectivity index (χ4v) is 1.54. The van der Waals surface area contributed by atoms with Crippen LogP contribution in [0.4, 0.5) is 4.79 Å². The zero-order valence-electron chi connectivity index (χ0n) is 8.92. The van der Waals surface area contributed by atoms with Gasteiger partial charge in [0.2, 0.25) is 0 Å². The van der Waals surface area contributed by atoms with Gasteiger partial charge < -0.3 is 15.8 Å². The van der Waals surface area contributed by atoms with E-state index in [0.29, 0.717) is 24.4 Å². The van der Waals surface area contributed by atoms with E-state index in [0.717, 1.165) is 0 Å². The molecule has 0 saturated carbocycles. The first-order valence-corrected chi connectivity index (χ1v) is 5.18. The molecule has 4 nitrogen and oxygen atoms in total. The lowest BCUT2D eigenvalue weighted by Gasteiger charge is -2.30.